The summed E-state index contributed by atoms with van der Waals surface area (Å²) < 4.78 is 59.0. The summed E-state index contributed by atoms with van der Waals surface area (Å²) in [6.07, 6.45) is 0. The second kappa shape index (κ2) is 8.08. The Kier molecular flexibility index (Phi) is 5.94. The Hall–Kier alpha value is -2.14. The highest BCUT2D eigenvalue weighted by Crippen LogP contribution is 2.29. The molecule has 0 radical (unpaired) electrons. The van der Waals surface area contributed by atoms with Crippen molar-refractivity contribution >= 4 is 31.4 Å². The molecular formula is C18H23N3O5S2. The number of anilines is 2. The zero-order valence-electron chi connectivity index (χ0n) is 15.7. The molecule has 0 saturated carbocycles. The van der Waals surface area contributed by atoms with E-state index in [0.29, 0.717) is 32.0 Å². The Morgan fingerprint density at radius 3 is 2.07 bits per heavy atom. The lowest BCUT2D eigenvalue weighted by Gasteiger charge is -2.30. The van der Waals surface area contributed by atoms with E-state index in [1.807, 2.05) is 12.1 Å². The van der Waals surface area contributed by atoms with Gasteiger partial charge in [-0.25, -0.2) is 21.1 Å². The maximum absolute atomic E-state index is 12.8. The van der Waals surface area contributed by atoms with Gasteiger partial charge in [0.1, 0.15) is 0 Å². The highest BCUT2D eigenvalue weighted by Gasteiger charge is 2.22. The summed E-state index contributed by atoms with van der Waals surface area (Å²) in [5.74, 6) is 0. The molecule has 152 valence electrons. The van der Waals surface area contributed by atoms with Crippen LogP contribution < -0.4 is 9.62 Å². The van der Waals surface area contributed by atoms with Crippen LogP contribution in [0.5, 0.6) is 0 Å². The van der Waals surface area contributed by atoms with Gasteiger partial charge in [-0.3, -0.25) is 4.72 Å². The van der Waals surface area contributed by atoms with Crippen molar-refractivity contribution in [1.82, 2.24) is 4.31 Å². The number of rotatable bonds is 6. The van der Waals surface area contributed by atoms with Gasteiger partial charge in [-0.15, -0.1) is 0 Å². The van der Waals surface area contributed by atoms with E-state index in [-0.39, 0.29) is 9.79 Å². The Morgan fingerprint density at radius 1 is 0.893 bits per heavy atom. The van der Waals surface area contributed by atoms with Crippen LogP contribution in [0.25, 0.3) is 0 Å². The Morgan fingerprint density at radius 2 is 1.46 bits per heavy atom. The average Bonchev–Trinajstić information content (AvgIpc) is 2.69. The summed E-state index contributed by atoms with van der Waals surface area (Å²) in [7, 11) is -4.65. The van der Waals surface area contributed by atoms with E-state index >= 15 is 0 Å². The fourth-order valence-electron chi connectivity index (χ4n) is 2.85. The van der Waals surface area contributed by atoms with Crippen LogP contribution in [0, 0.1) is 0 Å². The molecule has 0 aliphatic carbocycles. The number of hydrogen-bond acceptors (Lipinski definition) is 6. The average molecular weight is 426 g/mol. The quantitative estimate of drug-likeness (QED) is 0.755. The molecule has 2 aromatic rings. The van der Waals surface area contributed by atoms with E-state index in [2.05, 4.69) is 9.62 Å². The molecule has 0 bridgehead atoms. The molecule has 0 atom stereocenters. The van der Waals surface area contributed by atoms with E-state index in [1.165, 1.54) is 38.4 Å². The molecule has 1 aliphatic heterocycles. The summed E-state index contributed by atoms with van der Waals surface area (Å²) in [6, 6.07) is 12.3. The van der Waals surface area contributed by atoms with Gasteiger partial charge in [0.05, 0.1) is 34.4 Å². The maximum Gasteiger partial charge on any atom is 0.261 e. The molecule has 1 N–H and O–H groups in total. The molecule has 0 aromatic heterocycles. The summed E-state index contributed by atoms with van der Waals surface area (Å²) in [4.78, 5) is 2.08. The normalized spacial score (nSPS) is 15.6. The molecule has 8 nitrogen and oxygen atoms in total. The third kappa shape index (κ3) is 4.30. The first-order chi connectivity index (χ1) is 13.2. The molecule has 0 amide bonds. The molecule has 1 saturated heterocycles. The number of benzene rings is 2. The van der Waals surface area contributed by atoms with E-state index in [0.717, 1.165) is 9.99 Å². The lowest BCUT2D eigenvalue weighted by molar-refractivity contribution is 0.123. The third-order valence-corrected chi connectivity index (χ3v) is 7.62. The van der Waals surface area contributed by atoms with Crippen LogP contribution in [0.1, 0.15) is 0 Å². The van der Waals surface area contributed by atoms with E-state index in [4.69, 9.17) is 4.74 Å². The molecule has 28 heavy (non-hydrogen) atoms. The van der Waals surface area contributed by atoms with E-state index in [9.17, 15) is 16.8 Å². The number of nitrogens with zero attached hydrogens (tertiary/aromatic N) is 2. The van der Waals surface area contributed by atoms with Crippen LogP contribution >= 0.6 is 0 Å². The van der Waals surface area contributed by atoms with Crippen molar-refractivity contribution in [2.75, 3.05) is 50.0 Å². The van der Waals surface area contributed by atoms with E-state index in [1.54, 1.807) is 12.1 Å². The van der Waals surface area contributed by atoms with Gasteiger partial charge in [0.15, 0.2) is 0 Å². The number of para-hydroxylation sites is 2. The third-order valence-electron chi connectivity index (χ3n) is 4.41. The second-order valence-corrected chi connectivity index (χ2v) is 10.3. The minimum absolute atomic E-state index is 0.0120. The number of ether oxygens (including phenoxy) is 1. The van der Waals surface area contributed by atoms with Crippen LogP contribution in [-0.4, -0.2) is 61.5 Å². The fraction of sp³-hybridized carbons (Fsp3) is 0.333. The number of hydrogen-bond donors (Lipinski definition) is 1. The standard InChI is InChI=1S/C18H23N3O5S2/c1-20(2)28(24,25)16-9-7-15(8-10-16)27(22,23)19-17-5-3-4-6-18(17)21-11-13-26-14-12-21/h3-10,19H,11-14H2,1-2H3. The predicted octanol–water partition coefficient (Wildman–Crippen LogP) is 1.57. The molecule has 1 fully saturated rings. The lowest BCUT2D eigenvalue weighted by Crippen LogP contribution is -2.36. The van der Waals surface area contributed by atoms with Crippen LogP contribution in [-0.2, 0) is 24.8 Å². The first kappa shape index (κ1) is 20.6. The van der Waals surface area contributed by atoms with Gasteiger partial charge in [0.25, 0.3) is 10.0 Å². The van der Waals surface area contributed by atoms with E-state index < -0.39 is 20.0 Å². The van der Waals surface area contributed by atoms with Gasteiger partial charge in [-0.1, -0.05) is 12.1 Å². The summed E-state index contributed by atoms with van der Waals surface area (Å²) in [6.45, 7) is 2.53. The zero-order chi connectivity index (χ0) is 20.4. The molecule has 0 spiro atoms. The van der Waals surface area contributed by atoms with Gasteiger partial charge in [0, 0.05) is 27.2 Å². The Bertz CT molecular complexity index is 1030. The molecule has 1 aliphatic rings. The largest absolute Gasteiger partial charge is 0.378 e. The molecule has 3 rings (SSSR count). The number of morpholine rings is 1. The monoisotopic (exact) mass is 425 g/mol. The number of sulfonamides is 2. The topological polar surface area (TPSA) is 96.0 Å². The zero-order valence-corrected chi connectivity index (χ0v) is 17.3. The van der Waals surface area contributed by atoms with Crippen LogP contribution in [0.2, 0.25) is 0 Å². The van der Waals surface area contributed by atoms with Crippen molar-refractivity contribution < 1.29 is 21.6 Å². The summed E-state index contributed by atoms with van der Waals surface area (Å²) in [5.41, 5.74) is 1.25. The van der Waals surface area contributed by atoms with Crippen molar-refractivity contribution in [3.63, 3.8) is 0 Å². The van der Waals surface area contributed by atoms with Gasteiger partial charge in [0.2, 0.25) is 10.0 Å². The van der Waals surface area contributed by atoms with Crippen LogP contribution in [0.15, 0.2) is 58.3 Å². The van der Waals surface area contributed by atoms with Crippen molar-refractivity contribution in [1.29, 1.82) is 0 Å². The first-order valence-corrected chi connectivity index (χ1v) is 11.6. The van der Waals surface area contributed by atoms with Crippen molar-refractivity contribution in [3.8, 4) is 0 Å². The van der Waals surface area contributed by atoms with Crippen molar-refractivity contribution in [2.45, 2.75) is 9.79 Å². The van der Waals surface area contributed by atoms with Gasteiger partial charge in [-0.05, 0) is 36.4 Å². The fourth-order valence-corrected chi connectivity index (χ4v) is 4.82. The second-order valence-electron chi connectivity index (χ2n) is 6.48. The minimum atomic E-state index is -3.87. The maximum atomic E-state index is 12.8. The molecule has 10 heteroatoms. The Balaban J connectivity index is 1.87. The molecule has 0 unspecified atom stereocenters. The van der Waals surface area contributed by atoms with Crippen LogP contribution in [0.3, 0.4) is 0 Å². The highest BCUT2D eigenvalue weighted by atomic mass is 32.2. The minimum Gasteiger partial charge on any atom is -0.378 e. The lowest BCUT2D eigenvalue weighted by atomic mass is 10.2. The molecule has 1 heterocycles. The molecular weight excluding hydrogens is 402 g/mol. The SMILES string of the molecule is CN(C)S(=O)(=O)c1ccc(S(=O)(=O)Nc2ccccc2N2CCOCC2)cc1. The summed E-state index contributed by atoms with van der Waals surface area (Å²) in [5, 5.41) is 0. The van der Waals surface area contributed by atoms with Crippen molar-refractivity contribution in [3.05, 3.63) is 48.5 Å². The van der Waals surface area contributed by atoms with Gasteiger partial charge >= 0.3 is 0 Å². The van der Waals surface area contributed by atoms with Crippen LogP contribution in [0.4, 0.5) is 11.4 Å². The predicted molar refractivity (Wildman–Crippen MR) is 108 cm³/mol. The smallest absolute Gasteiger partial charge is 0.261 e. The number of nitrogens with one attached hydrogen (secondary N) is 1. The summed E-state index contributed by atoms with van der Waals surface area (Å²) >= 11 is 0. The van der Waals surface area contributed by atoms with Gasteiger partial charge in [-0.2, -0.15) is 0 Å². The Labute approximate surface area is 165 Å². The van der Waals surface area contributed by atoms with Gasteiger partial charge < -0.3 is 9.64 Å². The molecule has 2 aromatic carbocycles. The van der Waals surface area contributed by atoms with Crippen molar-refractivity contribution in [2.24, 2.45) is 0 Å². The first-order valence-electron chi connectivity index (χ1n) is 8.69. The highest BCUT2D eigenvalue weighted by molar-refractivity contribution is 7.92.